The average molecular weight is 411 g/mol. The number of carbonyl (C=O) groups is 1. The van der Waals surface area contributed by atoms with Gasteiger partial charge in [0.25, 0.3) is 0 Å². The van der Waals surface area contributed by atoms with Crippen LogP contribution in [0.3, 0.4) is 0 Å². The highest BCUT2D eigenvalue weighted by atomic mass is 32.2. The second kappa shape index (κ2) is 7.54. The molecule has 8 heteroatoms. The zero-order chi connectivity index (χ0) is 19.0. The van der Waals surface area contributed by atoms with E-state index in [2.05, 4.69) is 4.99 Å². The van der Waals surface area contributed by atoms with E-state index in [0.717, 1.165) is 6.42 Å². The van der Waals surface area contributed by atoms with Crippen molar-refractivity contribution in [3.8, 4) is 0 Å². The molecule has 5 nitrogen and oxygen atoms in total. The van der Waals surface area contributed by atoms with Crippen molar-refractivity contribution in [2.75, 3.05) is 16.4 Å². The molecule has 0 spiro atoms. The lowest BCUT2D eigenvalue weighted by molar-refractivity contribution is -0.118. The molecule has 1 aliphatic carbocycles. The zero-order valence-electron chi connectivity index (χ0n) is 15.0. The molecule has 2 unspecified atom stereocenters. The number of rotatable bonds is 4. The fraction of sp³-hybridized carbons (Fsp3) is 0.579. The van der Waals surface area contributed by atoms with Crippen LogP contribution in [-0.4, -0.2) is 42.3 Å². The molecule has 1 saturated carbocycles. The van der Waals surface area contributed by atoms with Gasteiger partial charge in [0, 0.05) is 17.4 Å². The van der Waals surface area contributed by atoms with Crippen LogP contribution in [-0.2, 0) is 14.6 Å². The van der Waals surface area contributed by atoms with Crippen LogP contribution in [0, 0.1) is 11.7 Å². The highest BCUT2D eigenvalue weighted by molar-refractivity contribution is 8.16. The van der Waals surface area contributed by atoms with Crippen molar-refractivity contribution in [3.05, 3.63) is 30.1 Å². The number of amidine groups is 1. The Morgan fingerprint density at radius 3 is 2.59 bits per heavy atom. The molecule has 2 aliphatic heterocycles. The van der Waals surface area contributed by atoms with Crippen molar-refractivity contribution in [1.82, 2.24) is 0 Å². The maximum atomic E-state index is 13.3. The van der Waals surface area contributed by atoms with Crippen LogP contribution in [0.2, 0.25) is 0 Å². The number of carbonyl (C=O) groups excluding carboxylic acids is 1. The molecule has 4 rings (SSSR count). The summed E-state index contributed by atoms with van der Waals surface area (Å²) in [5.74, 6) is 0.252. The van der Waals surface area contributed by atoms with E-state index in [-0.39, 0.29) is 34.5 Å². The third kappa shape index (κ3) is 4.21. The molecule has 146 valence electrons. The van der Waals surface area contributed by atoms with Gasteiger partial charge in [-0.1, -0.05) is 37.4 Å². The molecule has 2 heterocycles. The number of benzene rings is 1. The van der Waals surface area contributed by atoms with Crippen molar-refractivity contribution >= 4 is 38.4 Å². The first-order chi connectivity index (χ1) is 12.9. The Labute approximate surface area is 163 Å². The summed E-state index contributed by atoms with van der Waals surface area (Å²) in [4.78, 5) is 18.6. The number of sulfone groups is 1. The summed E-state index contributed by atoms with van der Waals surface area (Å²) in [6.07, 6.45) is 6.20. The molecule has 2 atom stereocenters. The highest BCUT2D eigenvalue weighted by Gasteiger charge is 2.49. The smallest absolute Gasteiger partial charge is 0.248 e. The summed E-state index contributed by atoms with van der Waals surface area (Å²) >= 11 is 1.36. The van der Waals surface area contributed by atoms with Crippen LogP contribution >= 0.6 is 11.8 Å². The molecule has 1 amide bonds. The number of hydrogen-bond acceptors (Lipinski definition) is 4. The Bertz CT molecular complexity index is 848. The van der Waals surface area contributed by atoms with Gasteiger partial charge in [0.15, 0.2) is 15.0 Å². The minimum absolute atomic E-state index is 0.0390. The topological polar surface area (TPSA) is 66.8 Å². The van der Waals surface area contributed by atoms with Gasteiger partial charge in [-0.2, -0.15) is 4.99 Å². The van der Waals surface area contributed by atoms with E-state index in [1.54, 1.807) is 12.1 Å². The Morgan fingerprint density at radius 2 is 1.89 bits per heavy atom. The summed E-state index contributed by atoms with van der Waals surface area (Å²) in [7, 11) is -3.10. The third-order valence-corrected chi connectivity index (χ3v) is 8.84. The SMILES string of the molecule is O=C(CCC1CCCC1)N=C1SC2CS(=O)(=O)CC2N1c1ccc(F)cc1. The third-order valence-electron chi connectivity index (χ3n) is 5.63. The van der Waals surface area contributed by atoms with Gasteiger partial charge < -0.3 is 4.90 Å². The van der Waals surface area contributed by atoms with Gasteiger partial charge >= 0.3 is 0 Å². The number of anilines is 1. The fourth-order valence-corrected chi connectivity index (χ4v) is 8.19. The zero-order valence-corrected chi connectivity index (χ0v) is 16.6. The molecule has 0 N–H and O–H groups in total. The lowest BCUT2D eigenvalue weighted by atomic mass is 10.0. The van der Waals surface area contributed by atoms with Crippen LogP contribution in [0.5, 0.6) is 0 Å². The number of thioether (sulfide) groups is 1. The van der Waals surface area contributed by atoms with Crippen molar-refractivity contribution in [1.29, 1.82) is 0 Å². The first-order valence-corrected chi connectivity index (χ1v) is 12.1. The molecule has 27 heavy (non-hydrogen) atoms. The van der Waals surface area contributed by atoms with Gasteiger partial charge in [-0.3, -0.25) is 4.79 Å². The molecule has 3 aliphatic rings. The maximum Gasteiger partial charge on any atom is 0.248 e. The molecule has 2 saturated heterocycles. The van der Waals surface area contributed by atoms with Crippen molar-refractivity contribution in [3.63, 3.8) is 0 Å². The van der Waals surface area contributed by atoms with E-state index < -0.39 is 9.84 Å². The van der Waals surface area contributed by atoms with Crippen LogP contribution in [0.15, 0.2) is 29.3 Å². The number of amides is 1. The summed E-state index contributed by atoms with van der Waals surface area (Å²) in [5.41, 5.74) is 0.677. The van der Waals surface area contributed by atoms with Crippen LogP contribution in [0.1, 0.15) is 38.5 Å². The van der Waals surface area contributed by atoms with Crippen LogP contribution < -0.4 is 4.90 Å². The van der Waals surface area contributed by atoms with E-state index in [1.807, 2.05) is 4.90 Å². The number of fused-ring (bicyclic) bond motifs is 1. The van der Waals surface area contributed by atoms with E-state index in [0.29, 0.717) is 23.2 Å². The number of aliphatic imine (C=N–C) groups is 1. The predicted molar refractivity (Wildman–Crippen MR) is 106 cm³/mol. The van der Waals surface area contributed by atoms with Crippen LogP contribution in [0.4, 0.5) is 10.1 Å². The molecule has 0 bridgehead atoms. The van der Waals surface area contributed by atoms with E-state index in [1.165, 1.54) is 49.6 Å². The number of nitrogens with zero attached hydrogens (tertiary/aromatic N) is 2. The normalized spacial score (nSPS) is 28.8. The van der Waals surface area contributed by atoms with Gasteiger partial charge in [-0.25, -0.2) is 12.8 Å². The molecule has 0 radical (unpaired) electrons. The van der Waals surface area contributed by atoms with Gasteiger partial charge in [-0.05, 0) is 36.6 Å². The predicted octanol–water partition coefficient (Wildman–Crippen LogP) is 3.40. The Kier molecular flexibility index (Phi) is 5.29. The Balaban J connectivity index is 1.54. The molecule has 1 aromatic carbocycles. The second-order valence-corrected chi connectivity index (χ2v) is 11.0. The van der Waals surface area contributed by atoms with Gasteiger partial charge in [0.2, 0.25) is 5.91 Å². The first-order valence-electron chi connectivity index (χ1n) is 9.45. The van der Waals surface area contributed by atoms with E-state index in [9.17, 15) is 17.6 Å². The maximum absolute atomic E-state index is 13.3. The monoisotopic (exact) mass is 410 g/mol. The molecule has 1 aromatic rings. The van der Waals surface area contributed by atoms with Gasteiger partial charge in [-0.15, -0.1) is 0 Å². The average Bonchev–Trinajstić information content (AvgIpc) is 3.29. The molecule has 0 aromatic heterocycles. The summed E-state index contributed by atoms with van der Waals surface area (Å²) in [6, 6.07) is 5.66. The van der Waals surface area contributed by atoms with Gasteiger partial charge in [0.05, 0.1) is 17.5 Å². The molecular weight excluding hydrogens is 387 g/mol. The number of hydrogen-bond donors (Lipinski definition) is 0. The van der Waals surface area contributed by atoms with E-state index >= 15 is 0 Å². The first kappa shape index (κ1) is 18.9. The quantitative estimate of drug-likeness (QED) is 0.761. The lowest BCUT2D eigenvalue weighted by Gasteiger charge is -2.24. The minimum atomic E-state index is -3.10. The highest BCUT2D eigenvalue weighted by Crippen LogP contribution is 2.41. The standard InChI is InChI=1S/C19H23FN2O3S2/c20-14-6-8-15(9-7-14)22-16-11-27(24,25)12-17(16)26-19(22)21-18(23)10-5-13-3-1-2-4-13/h6-9,13,16-17H,1-5,10-12H2. The summed E-state index contributed by atoms with van der Waals surface area (Å²) < 4.78 is 37.4. The van der Waals surface area contributed by atoms with Crippen LogP contribution in [0.25, 0.3) is 0 Å². The lowest BCUT2D eigenvalue weighted by Crippen LogP contribution is -2.37. The minimum Gasteiger partial charge on any atom is -0.316 e. The fourth-order valence-electron chi connectivity index (χ4n) is 4.26. The largest absolute Gasteiger partial charge is 0.316 e. The van der Waals surface area contributed by atoms with Crippen molar-refractivity contribution in [2.45, 2.75) is 49.8 Å². The Hall–Kier alpha value is -1.41. The van der Waals surface area contributed by atoms with Crippen molar-refractivity contribution in [2.24, 2.45) is 10.9 Å². The summed E-state index contributed by atoms with van der Waals surface area (Å²) in [6.45, 7) is 0. The molecular formula is C19H23FN2O3S2. The van der Waals surface area contributed by atoms with Gasteiger partial charge in [0.1, 0.15) is 5.82 Å². The van der Waals surface area contributed by atoms with Crippen molar-refractivity contribution < 1.29 is 17.6 Å². The Morgan fingerprint density at radius 1 is 1.19 bits per heavy atom. The molecule has 3 fully saturated rings. The number of halogens is 1. The summed E-state index contributed by atoms with van der Waals surface area (Å²) in [5, 5.41) is 0.407. The second-order valence-electron chi connectivity index (χ2n) is 7.62. The van der Waals surface area contributed by atoms with E-state index in [4.69, 9.17) is 0 Å².